The quantitative estimate of drug-likeness (QED) is 0.923. The summed E-state index contributed by atoms with van der Waals surface area (Å²) in [5.41, 5.74) is 7.28. The fourth-order valence-electron chi connectivity index (χ4n) is 2.47. The van der Waals surface area contributed by atoms with Crippen LogP contribution in [0.4, 0.5) is 10.3 Å². The highest BCUT2D eigenvalue weighted by molar-refractivity contribution is 6.31. The number of fused-ring (bicyclic) bond motifs is 1. The molecule has 1 aliphatic carbocycles. The monoisotopic (exact) mass is 267 g/mol. The molecule has 0 aliphatic heterocycles. The molecular weight excluding hydrogens is 253 g/mol. The molecule has 2 N–H and O–H groups in total. The van der Waals surface area contributed by atoms with Crippen LogP contribution in [0.25, 0.3) is 11.0 Å². The Morgan fingerprint density at radius 3 is 2.89 bits per heavy atom. The van der Waals surface area contributed by atoms with Gasteiger partial charge in [0.2, 0.25) is 5.95 Å². The van der Waals surface area contributed by atoms with Crippen LogP contribution in [0, 0.1) is 11.7 Å². The fourth-order valence-corrected chi connectivity index (χ4v) is 2.62. The van der Waals surface area contributed by atoms with E-state index >= 15 is 0 Å². The summed E-state index contributed by atoms with van der Waals surface area (Å²) in [6.45, 7) is 0.800. The molecule has 0 saturated heterocycles. The van der Waals surface area contributed by atoms with Crippen LogP contribution >= 0.6 is 11.6 Å². The summed E-state index contributed by atoms with van der Waals surface area (Å²) in [6, 6.07) is 2.95. The predicted molar refractivity (Wildman–Crippen MR) is 71.1 cm³/mol. The van der Waals surface area contributed by atoms with E-state index in [9.17, 15) is 4.39 Å². The van der Waals surface area contributed by atoms with E-state index in [1.54, 1.807) is 0 Å². The molecular formula is C13H15ClFN3. The number of aryl methyl sites for hydroxylation is 1. The first-order valence-corrected chi connectivity index (χ1v) is 6.63. The molecule has 1 saturated carbocycles. The Kier molecular flexibility index (Phi) is 2.90. The second kappa shape index (κ2) is 4.43. The van der Waals surface area contributed by atoms with Gasteiger partial charge >= 0.3 is 0 Å². The Labute approximate surface area is 110 Å². The summed E-state index contributed by atoms with van der Waals surface area (Å²) in [6.07, 6.45) is 5.01. The summed E-state index contributed by atoms with van der Waals surface area (Å²) < 4.78 is 15.4. The van der Waals surface area contributed by atoms with Gasteiger partial charge in [0.15, 0.2) is 0 Å². The molecule has 0 atom stereocenters. The topological polar surface area (TPSA) is 43.8 Å². The molecule has 5 heteroatoms. The summed E-state index contributed by atoms with van der Waals surface area (Å²) in [5.74, 6) is 0.805. The van der Waals surface area contributed by atoms with Crippen LogP contribution in [0.2, 0.25) is 5.02 Å². The smallest absolute Gasteiger partial charge is 0.201 e. The van der Waals surface area contributed by atoms with E-state index in [0.29, 0.717) is 11.5 Å². The molecule has 1 aliphatic rings. The first-order valence-electron chi connectivity index (χ1n) is 6.26. The number of nitrogens with two attached hydrogens (primary N) is 1. The highest BCUT2D eigenvalue weighted by atomic mass is 35.5. The van der Waals surface area contributed by atoms with Gasteiger partial charge in [0, 0.05) is 12.6 Å². The van der Waals surface area contributed by atoms with Crippen LogP contribution in [-0.2, 0) is 6.54 Å². The zero-order valence-corrected chi connectivity index (χ0v) is 10.8. The third-order valence-electron chi connectivity index (χ3n) is 3.81. The molecule has 0 spiro atoms. The number of anilines is 1. The third-order valence-corrected chi connectivity index (χ3v) is 4.10. The van der Waals surface area contributed by atoms with Gasteiger partial charge in [0.05, 0.1) is 16.1 Å². The standard InChI is InChI=1S/C13H15ClFN3/c14-9-6-11-12(7-10(9)15)18(13(16)17-11)5-4-8-2-1-3-8/h6-8H,1-5H2,(H2,16,17). The van der Waals surface area contributed by atoms with Crippen molar-refractivity contribution in [1.82, 2.24) is 9.55 Å². The number of halogens is 2. The third kappa shape index (κ3) is 1.94. The lowest BCUT2D eigenvalue weighted by Gasteiger charge is -2.25. The van der Waals surface area contributed by atoms with Crippen LogP contribution < -0.4 is 5.73 Å². The van der Waals surface area contributed by atoms with Crippen LogP contribution in [0.1, 0.15) is 25.7 Å². The summed E-state index contributed by atoms with van der Waals surface area (Å²) in [7, 11) is 0. The molecule has 96 valence electrons. The lowest BCUT2D eigenvalue weighted by atomic mass is 9.83. The predicted octanol–water partition coefficient (Wildman–Crippen LogP) is 3.60. The summed E-state index contributed by atoms with van der Waals surface area (Å²) >= 11 is 5.74. The second-order valence-electron chi connectivity index (χ2n) is 4.96. The van der Waals surface area contributed by atoms with Gasteiger partial charge in [0.1, 0.15) is 5.82 Å². The Morgan fingerprint density at radius 1 is 1.44 bits per heavy atom. The fraction of sp³-hybridized carbons (Fsp3) is 0.462. The van der Waals surface area contributed by atoms with Crippen molar-refractivity contribution in [2.45, 2.75) is 32.2 Å². The molecule has 3 nitrogen and oxygen atoms in total. The summed E-state index contributed by atoms with van der Waals surface area (Å²) in [4.78, 5) is 4.23. The van der Waals surface area contributed by atoms with Crippen LogP contribution in [-0.4, -0.2) is 9.55 Å². The number of benzene rings is 1. The maximum Gasteiger partial charge on any atom is 0.201 e. The van der Waals surface area contributed by atoms with Crippen molar-refractivity contribution in [2.24, 2.45) is 5.92 Å². The molecule has 1 fully saturated rings. The van der Waals surface area contributed by atoms with Gasteiger partial charge in [-0.3, -0.25) is 0 Å². The van der Waals surface area contributed by atoms with Gasteiger partial charge in [-0.05, 0) is 18.4 Å². The largest absolute Gasteiger partial charge is 0.369 e. The minimum absolute atomic E-state index is 0.0890. The van der Waals surface area contributed by atoms with Crippen molar-refractivity contribution in [2.75, 3.05) is 5.73 Å². The molecule has 2 aromatic rings. The normalized spacial score (nSPS) is 16.1. The minimum atomic E-state index is -0.422. The second-order valence-corrected chi connectivity index (χ2v) is 5.37. The molecule has 3 rings (SSSR count). The average molecular weight is 268 g/mol. The van der Waals surface area contributed by atoms with Crippen molar-refractivity contribution < 1.29 is 4.39 Å². The van der Waals surface area contributed by atoms with Gasteiger partial charge < -0.3 is 10.3 Å². The van der Waals surface area contributed by atoms with E-state index in [1.165, 1.54) is 31.4 Å². The number of aromatic nitrogens is 2. The van der Waals surface area contributed by atoms with Crippen molar-refractivity contribution in [3.05, 3.63) is 23.0 Å². The van der Waals surface area contributed by atoms with Gasteiger partial charge in [-0.1, -0.05) is 30.9 Å². The Morgan fingerprint density at radius 2 is 2.22 bits per heavy atom. The summed E-state index contributed by atoms with van der Waals surface area (Å²) in [5, 5.41) is 0.0890. The van der Waals surface area contributed by atoms with E-state index in [0.717, 1.165) is 24.4 Å². The van der Waals surface area contributed by atoms with Crippen molar-refractivity contribution in [3.63, 3.8) is 0 Å². The minimum Gasteiger partial charge on any atom is -0.369 e. The maximum atomic E-state index is 13.5. The van der Waals surface area contributed by atoms with Crippen LogP contribution in [0.5, 0.6) is 0 Å². The zero-order chi connectivity index (χ0) is 12.7. The van der Waals surface area contributed by atoms with E-state index in [1.807, 2.05) is 4.57 Å². The molecule has 0 amide bonds. The molecule has 1 heterocycles. The zero-order valence-electron chi connectivity index (χ0n) is 10.00. The number of hydrogen-bond acceptors (Lipinski definition) is 2. The number of nitrogen functional groups attached to an aromatic ring is 1. The molecule has 1 aromatic heterocycles. The lowest BCUT2D eigenvalue weighted by molar-refractivity contribution is 0.284. The van der Waals surface area contributed by atoms with Crippen molar-refractivity contribution in [1.29, 1.82) is 0 Å². The first kappa shape index (κ1) is 11.8. The van der Waals surface area contributed by atoms with Crippen molar-refractivity contribution >= 4 is 28.6 Å². The van der Waals surface area contributed by atoms with Gasteiger partial charge in [0.25, 0.3) is 0 Å². The Balaban J connectivity index is 1.93. The van der Waals surface area contributed by atoms with E-state index < -0.39 is 5.82 Å². The Bertz CT molecular complexity index is 589. The average Bonchev–Trinajstić information content (AvgIpc) is 2.54. The lowest BCUT2D eigenvalue weighted by Crippen LogP contribution is -2.14. The van der Waals surface area contributed by atoms with Gasteiger partial charge in [-0.25, -0.2) is 9.37 Å². The highest BCUT2D eigenvalue weighted by Gasteiger charge is 2.18. The van der Waals surface area contributed by atoms with Crippen molar-refractivity contribution in [3.8, 4) is 0 Å². The SMILES string of the molecule is Nc1nc2cc(Cl)c(F)cc2n1CCC1CCC1. The molecule has 1 aromatic carbocycles. The van der Waals surface area contributed by atoms with Crippen LogP contribution in [0.3, 0.4) is 0 Å². The molecule has 0 bridgehead atoms. The first-order chi connectivity index (χ1) is 8.65. The van der Waals surface area contributed by atoms with Gasteiger partial charge in [-0.2, -0.15) is 0 Å². The van der Waals surface area contributed by atoms with Gasteiger partial charge in [-0.15, -0.1) is 0 Å². The number of hydrogen-bond donors (Lipinski definition) is 1. The number of rotatable bonds is 3. The maximum absolute atomic E-state index is 13.5. The van der Waals surface area contributed by atoms with E-state index in [4.69, 9.17) is 17.3 Å². The van der Waals surface area contributed by atoms with Crippen LogP contribution in [0.15, 0.2) is 12.1 Å². The molecule has 0 radical (unpaired) electrons. The molecule has 18 heavy (non-hydrogen) atoms. The Hall–Kier alpha value is -1.29. The highest BCUT2D eigenvalue weighted by Crippen LogP contribution is 2.31. The van der Waals surface area contributed by atoms with E-state index in [-0.39, 0.29) is 5.02 Å². The van der Waals surface area contributed by atoms with E-state index in [2.05, 4.69) is 4.98 Å². The number of imidazole rings is 1. The molecule has 0 unspecified atom stereocenters. The number of nitrogens with zero attached hydrogens (tertiary/aromatic N) is 2.